The van der Waals surface area contributed by atoms with E-state index >= 15 is 0 Å². The molecule has 1 aromatic heterocycles. The van der Waals surface area contributed by atoms with Crippen molar-refractivity contribution < 1.29 is 14.7 Å². The minimum absolute atomic E-state index is 0.0437. The third-order valence-corrected chi connectivity index (χ3v) is 4.20. The van der Waals surface area contributed by atoms with Crippen molar-refractivity contribution in [1.29, 1.82) is 0 Å². The molecule has 4 nitrogen and oxygen atoms in total. The van der Waals surface area contributed by atoms with E-state index in [1.165, 1.54) is 17.4 Å². The molecule has 19 heavy (non-hydrogen) atoms. The maximum atomic E-state index is 12.0. The number of hydrogen-bond donors (Lipinski definition) is 1. The minimum Gasteiger partial charge on any atom is -0.481 e. The molecule has 0 spiro atoms. The van der Waals surface area contributed by atoms with Gasteiger partial charge in [-0.2, -0.15) is 0 Å². The quantitative estimate of drug-likeness (QED) is 0.805. The maximum Gasteiger partial charge on any atom is 0.305 e. The predicted molar refractivity (Wildman–Crippen MR) is 80.2 cm³/mol. The zero-order chi connectivity index (χ0) is 14.4. The molecule has 1 atom stereocenters. The van der Waals surface area contributed by atoms with Gasteiger partial charge in [-0.3, -0.25) is 9.59 Å². The molecule has 104 valence electrons. The highest BCUT2D eigenvalue weighted by atomic mass is 79.9. The smallest absolute Gasteiger partial charge is 0.305 e. The van der Waals surface area contributed by atoms with Crippen molar-refractivity contribution in [3.63, 3.8) is 0 Å². The average Bonchev–Trinajstić information content (AvgIpc) is 2.72. The third-order valence-electron chi connectivity index (χ3n) is 2.61. The van der Waals surface area contributed by atoms with Gasteiger partial charge in [0.05, 0.1) is 10.2 Å². The average molecular weight is 346 g/mol. The lowest BCUT2D eigenvalue weighted by Crippen LogP contribution is -2.38. The minimum atomic E-state index is -0.898. The fraction of sp³-hybridized carbons (Fsp3) is 0.385. The molecule has 0 bridgehead atoms. The lowest BCUT2D eigenvalue weighted by molar-refractivity contribution is -0.139. The number of thiophene rings is 1. The van der Waals surface area contributed by atoms with Crippen molar-refractivity contribution in [3.05, 3.63) is 26.9 Å². The van der Waals surface area contributed by atoms with Crippen LogP contribution in [0.1, 0.15) is 25.1 Å². The standard InChI is InChI=1S/C13H16BrNO3S/c1-3-15(9(2)8-13(17)18)12(16)7-5-10-4-6-11(14)19-10/h4-7,9H,3,8H2,1-2H3,(H,17,18). The number of carbonyl (C=O) groups is 2. The summed E-state index contributed by atoms with van der Waals surface area (Å²) in [5.74, 6) is -1.06. The monoisotopic (exact) mass is 345 g/mol. The lowest BCUT2D eigenvalue weighted by Gasteiger charge is -2.25. The van der Waals surface area contributed by atoms with Crippen LogP contribution in [0.2, 0.25) is 0 Å². The molecule has 0 saturated carbocycles. The molecule has 1 unspecified atom stereocenters. The van der Waals surface area contributed by atoms with Crippen LogP contribution < -0.4 is 0 Å². The molecular formula is C13H16BrNO3S. The van der Waals surface area contributed by atoms with Crippen molar-refractivity contribution in [2.75, 3.05) is 6.54 Å². The molecule has 1 heterocycles. The number of halogens is 1. The Kier molecular flexibility index (Phi) is 6.24. The first kappa shape index (κ1) is 15.9. The molecule has 1 amide bonds. The largest absolute Gasteiger partial charge is 0.481 e. The van der Waals surface area contributed by atoms with Crippen LogP contribution in [0.4, 0.5) is 0 Å². The van der Waals surface area contributed by atoms with E-state index < -0.39 is 5.97 Å². The van der Waals surface area contributed by atoms with Gasteiger partial charge in [0.2, 0.25) is 5.91 Å². The molecule has 0 fully saturated rings. The molecule has 0 aromatic carbocycles. The highest BCUT2D eigenvalue weighted by Crippen LogP contribution is 2.23. The number of likely N-dealkylation sites (N-methyl/N-ethyl adjacent to an activating group) is 1. The number of carbonyl (C=O) groups excluding carboxylic acids is 1. The summed E-state index contributed by atoms with van der Waals surface area (Å²) in [5, 5.41) is 8.76. The van der Waals surface area contributed by atoms with Gasteiger partial charge in [-0.15, -0.1) is 11.3 Å². The molecule has 1 N–H and O–H groups in total. The number of carboxylic acids is 1. The van der Waals surface area contributed by atoms with Gasteiger partial charge in [-0.05, 0) is 48.0 Å². The topological polar surface area (TPSA) is 57.6 Å². The van der Waals surface area contributed by atoms with E-state index in [4.69, 9.17) is 5.11 Å². The van der Waals surface area contributed by atoms with E-state index in [2.05, 4.69) is 15.9 Å². The first-order valence-electron chi connectivity index (χ1n) is 5.89. The number of aliphatic carboxylic acids is 1. The van der Waals surface area contributed by atoms with Crippen molar-refractivity contribution in [2.24, 2.45) is 0 Å². The van der Waals surface area contributed by atoms with Crippen LogP contribution in [0.15, 0.2) is 22.0 Å². The van der Waals surface area contributed by atoms with Crippen LogP contribution >= 0.6 is 27.3 Å². The fourth-order valence-electron chi connectivity index (χ4n) is 1.71. The van der Waals surface area contributed by atoms with Gasteiger partial charge in [-0.1, -0.05) is 0 Å². The number of rotatable bonds is 6. The third kappa shape index (κ3) is 5.16. The van der Waals surface area contributed by atoms with Crippen LogP contribution in [0, 0.1) is 0 Å². The second-order valence-electron chi connectivity index (χ2n) is 4.05. The molecule has 1 rings (SSSR count). The number of carboxylic acid groups (broad SMARTS) is 1. The summed E-state index contributed by atoms with van der Waals surface area (Å²) < 4.78 is 1.01. The summed E-state index contributed by atoms with van der Waals surface area (Å²) >= 11 is 4.89. The van der Waals surface area contributed by atoms with Gasteiger partial charge in [-0.25, -0.2) is 0 Å². The van der Waals surface area contributed by atoms with Crippen molar-refractivity contribution in [1.82, 2.24) is 4.90 Å². The van der Waals surface area contributed by atoms with E-state index in [9.17, 15) is 9.59 Å². The van der Waals surface area contributed by atoms with Crippen molar-refractivity contribution in [3.8, 4) is 0 Å². The highest BCUT2D eigenvalue weighted by Gasteiger charge is 2.18. The van der Waals surface area contributed by atoms with E-state index in [1.54, 1.807) is 17.9 Å². The molecule has 0 radical (unpaired) electrons. The molecule has 1 aromatic rings. The maximum absolute atomic E-state index is 12.0. The summed E-state index contributed by atoms with van der Waals surface area (Å²) in [5.41, 5.74) is 0. The van der Waals surface area contributed by atoms with E-state index in [1.807, 2.05) is 19.1 Å². The Morgan fingerprint density at radius 3 is 2.68 bits per heavy atom. The zero-order valence-corrected chi connectivity index (χ0v) is 13.2. The lowest BCUT2D eigenvalue weighted by atomic mass is 10.2. The Bertz CT molecular complexity index is 484. The highest BCUT2D eigenvalue weighted by molar-refractivity contribution is 9.11. The fourth-order valence-corrected chi connectivity index (χ4v) is 3.04. The van der Waals surface area contributed by atoms with Gasteiger partial charge in [0, 0.05) is 23.5 Å². The molecule has 6 heteroatoms. The second kappa shape index (κ2) is 7.45. The SMILES string of the molecule is CCN(C(=O)C=Cc1ccc(Br)s1)C(C)CC(=O)O. The van der Waals surface area contributed by atoms with Crippen molar-refractivity contribution >= 4 is 45.2 Å². The second-order valence-corrected chi connectivity index (χ2v) is 6.54. The molecule has 0 saturated heterocycles. The van der Waals surface area contributed by atoms with Crippen LogP contribution in [-0.2, 0) is 9.59 Å². The predicted octanol–water partition coefficient (Wildman–Crippen LogP) is 3.24. The number of nitrogens with zero attached hydrogens (tertiary/aromatic N) is 1. The molecule has 0 aliphatic heterocycles. The van der Waals surface area contributed by atoms with Crippen LogP contribution in [0.3, 0.4) is 0 Å². The van der Waals surface area contributed by atoms with Gasteiger partial charge in [0.1, 0.15) is 0 Å². The van der Waals surface area contributed by atoms with E-state index in [-0.39, 0.29) is 18.4 Å². The van der Waals surface area contributed by atoms with Gasteiger partial charge in [0.25, 0.3) is 0 Å². The Morgan fingerprint density at radius 2 is 2.21 bits per heavy atom. The Hall–Kier alpha value is -1.14. The Balaban J connectivity index is 2.68. The van der Waals surface area contributed by atoms with Crippen LogP contribution in [0.25, 0.3) is 6.08 Å². The summed E-state index contributed by atoms with van der Waals surface area (Å²) in [6, 6.07) is 3.52. The van der Waals surface area contributed by atoms with Gasteiger partial charge in [0.15, 0.2) is 0 Å². The Labute approximate surface area is 124 Å². The number of amides is 1. The van der Waals surface area contributed by atoms with Gasteiger partial charge < -0.3 is 10.0 Å². The summed E-state index contributed by atoms with van der Waals surface area (Å²) in [7, 11) is 0. The normalized spacial score (nSPS) is 12.6. The first-order chi connectivity index (χ1) is 8.93. The molecule has 0 aliphatic rings. The van der Waals surface area contributed by atoms with E-state index in [0.717, 1.165) is 8.66 Å². The summed E-state index contributed by atoms with van der Waals surface area (Å²) in [6.07, 6.45) is 3.19. The van der Waals surface area contributed by atoms with E-state index in [0.29, 0.717) is 6.54 Å². The summed E-state index contributed by atoms with van der Waals surface area (Å²) in [6.45, 7) is 4.07. The number of hydrogen-bond acceptors (Lipinski definition) is 3. The first-order valence-corrected chi connectivity index (χ1v) is 7.50. The van der Waals surface area contributed by atoms with Crippen LogP contribution in [0.5, 0.6) is 0 Å². The van der Waals surface area contributed by atoms with Crippen molar-refractivity contribution in [2.45, 2.75) is 26.3 Å². The zero-order valence-electron chi connectivity index (χ0n) is 10.8. The molecular weight excluding hydrogens is 330 g/mol. The van der Waals surface area contributed by atoms with Crippen LogP contribution in [-0.4, -0.2) is 34.5 Å². The summed E-state index contributed by atoms with van der Waals surface area (Å²) in [4.78, 5) is 25.2. The molecule has 0 aliphatic carbocycles. The van der Waals surface area contributed by atoms with Gasteiger partial charge >= 0.3 is 5.97 Å². The Morgan fingerprint density at radius 1 is 1.53 bits per heavy atom.